The number of rotatable bonds is 4. The Labute approximate surface area is 98.6 Å². The zero-order valence-electron chi connectivity index (χ0n) is 9.58. The lowest BCUT2D eigenvalue weighted by molar-refractivity contribution is -0.145. The van der Waals surface area contributed by atoms with Crippen LogP contribution in [0.15, 0.2) is 24.4 Å². The maximum absolute atomic E-state index is 11.7. The van der Waals surface area contributed by atoms with Gasteiger partial charge in [0, 0.05) is 6.20 Å². The molecule has 1 amide bonds. The van der Waals surface area contributed by atoms with Crippen molar-refractivity contribution in [1.82, 2.24) is 10.3 Å². The first-order valence-electron chi connectivity index (χ1n) is 5.04. The van der Waals surface area contributed by atoms with E-state index >= 15 is 0 Å². The Morgan fingerprint density at radius 2 is 2.18 bits per heavy atom. The molecule has 0 spiro atoms. The van der Waals surface area contributed by atoms with E-state index in [1.165, 1.54) is 26.3 Å². The van der Waals surface area contributed by atoms with Crippen molar-refractivity contribution < 1.29 is 19.4 Å². The lowest BCUT2D eigenvalue weighted by atomic mass is 10.2. The molecule has 0 bridgehead atoms. The maximum atomic E-state index is 11.7. The van der Waals surface area contributed by atoms with Crippen LogP contribution >= 0.6 is 0 Å². The van der Waals surface area contributed by atoms with Crippen molar-refractivity contribution in [3.8, 4) is 0 Å². The summed E-state index contributed by atoms with van der Waals surface area (Å²) in [6, 6.07) is 3.72. The van der Waals surface area contributed by atoms with Gasteiger partial charge in [-0.3, -0.25) is 9.78 Å². The number of carbonyl (C=O) groups excluding carboxylic acids is 2. The van der Waals surface area contributed by atoms with E-state index < -0.39 is 24.0 Å². The van der Waals surface area contributed by atoms with Gasteiger partial charge in [-0.2, -0.15) is 0 Å². The predicted octanol–water partition coefficient (Wildman–Crippen LogP) is -0.266. The van der Waals surface area contributed by atoms with E-state index in [1.807, 2.05) is 0 Å². The highest BCUT2D eigenvalue weighted by Crippen LogP contribution is 1.99. The third-order valence-corrected chi connectivity index (χ3v) is 2.12. The number of nitrogens with zero attached hydrogens (tertiary/aromatic N) is 1. The van der Waals surface area contributed by atoms with Crippen LogP contribution in [0.5, 0.6) is 0 Å². The number of methoxy groups -OCH3 is 1. The van der Waals surface area contributed by atoms with E-state index in [-0.39, 0.29) is 5.69 Å². The third-order valence-electron chi connectivity index (χ3n) is 2.12. The van der Waals surface area contributed by atoms with Crippen molar-refractivity contribution in [3.05, 3.63) is 30.1 Å². The molecular weight excluding hydrogens is 224 g/mol. The molecule has 1 aromatic rings. The van der Waals surface area contributed by atoms with Gasteiger partial charge >= 0.3 is 5.97 Å². The van der Waals surface area contributed by atoms with Gasteiger partial charge in [0.15, 0.2) is 6.04 Å². The Balaban J connectivity index is 2.75. The molecule has 17 heavy (non-hydrogen) atoms. The molecule has 0 aliphatic carbocycles. The highest BCUT2D eigenvalue weighted by Gasteiger charge is 2.26. The van der Waals surface area contributed by atoms with Crippen LogP contribution in [0.25, 0.3) is 0 Å². The molecule has 1 rings (SSSR count). The summed E-state index contributed by atoms with van der Waals surface area (Å²) in [5, 5.41) is 11.7. The molecule has 0 saturated heterocycles. The summed E-state index contributed by atoms with van der Waals surface area (Å²) in [7, 11) is 1.19. The molecule has 2 N–H and O–H groups in total. The number of amides is 1. The Morgan fingerprint density at radius 3 is 2.65 bits per heavy atom. The SMILES string of the molecule is COC(=O)[C@@H](NC(=O)c1ccccn1)[C@H](C)O. The van der Waals surface area contributed by atoms with Crippen LogP contribution in [-0.2, 0) is 9.53 Å². The summed E-state index contributed by atoms with van der Waals surface area (Å²) in [5.41, 5.74) is 0.169. The molecule has 0 fully saturated rings. The number of aromatic nitrogens is 1. The molecule has 1 heterocycles. The topological polar surface area (TPSA) is 88.5 Å². The van der Waals surface area contributed by atoms with Crippen LogP contribution < -0.4 is 5.32 Å². The zero-order valence-corrected chi connectivity index (χ0v) is 9.58. The van der Waals surface area contributed by atoms with Gasteiger partial charge in [0.05, 0.1) is 13.2 Å². The second-order valence-corrected chi connectivity index (χ2v) is 3.43. The minimum absolute atomic E-state index is 0.169. The van der Waals surface area contributed by atoms with Crippen LogP contribution in [0.1, 0.15) is 17.4 Å². The molecular formula is C11H14N2O4. The van der Waals surface area contributed by atoms with E-state index in [9.17, 15) is 14.7 Å². The molecule has 0 radical (unpaired) electrons. The minimum Gasteiger partial charge on any atom is -0.467 e. The zero-order chi connectivity index (χ0) is 12.8. The molecule has 0 aliphatic rings. The van der Waals surface area contributed by atoms with Gasteiger partial charge in [0.25, 0.3) is 5.91 Å². The molecule has 1 aromatic heterocycles. The predicted molar refractivity (Wildman–Crippen MR) is 59.2 cm³/mol. The summed E-state index contributed by atoms with van der Waals surface area (Å²) >= 11 is 0. The average molecular weight is 238 g/mol. The van der Waals surface area contributed by atoms with Crippen molar-refractivity contribution in [1.29, 1.82) is 0 Å². The highest BCUT2D eigenvalue weighted by atomic mass is 16.5. The molecule has 0 unspecified atom stereocenters. The van der Waals surface area contributed by atoms with Gasteiger partial charge < -0.3 is 15.2 Å². The fourth-order valence-corrected chi connectivity index (χ4v) is 1.22. The number of aliphatic hydroxyl groups is 1. The number of pyridine rings is 1. The Bertz CT molecular complexity index is 392. The highest BCUT2D eigenvalue weighted by molar-refractivity contribution is 5.95. The van der Waals surface area contributed by atoms with Gasteiger partial charge in [-0.1, -0.05) is 6.07 Å². The standard InChI is InChI=1S/C11H14N2O4/c1-7(14)9(11(16)17-2)13-10(15)8-5-3-4-6-12-8/h3-7,9,14H,1-2H3,(H,13,15)/t7-,9-/m0/s1. The van der Waals surface area contributed by atoms with E-state index in [1.54, 1.807) is 12.1 Å². The number of nitrogens with one attached hydrogen (secondary N) is 1. The first-order chi connectivity index (χ1) is 8.06. The smallest absolute Gasteiger partial charge is 0.331 e. The summed E-state index contributed by atoms with van der Waals surface area (Å²) < 4.78 is 4.48. The van der Waals surface area contributed by atoms with Gasteiger partial charge in [0.2, 0.25) is 0 Å². The average Bonchev–Trinajstić information content (AvgIpc) is 2.35. The molecule has 0 aliphatic heterocycles. The summed E-state index contributed by atoms with van der Waals surface area (Å²) in [4.78, 5) is 26.8. The lowest BCUT2D eigenvalue weighted by Gasteiger charge is -2.18. The number of hydrogen-bond acceptors (Lipinski definition) is 5. The summed E-state index contributed by atoms with van der Waals surface area (Å²) in [6.07, 6.45) is 0.417. The van der Waals surface area contributed by atoms with Crippen molar-refractivity contribution >= 4 is 11.9 Å². The lowest BCUT2D eigenvalue weighted by Crippen LogP contribution is -2.48. The number of aliphatic hydroxyl groups excluding tert-OH is 1. The third kappa shape index (κ3) is 3.53. The Morgan fingerprint density at radius 1 is 1.47 bits per heavy atom. The molecule has 6 heteroatoms. The second-order valence-electron chi connectivity index (χ2n) is 3.43. The van der Waals surface area contributed by atoms with Gasteiger partial charge in [-0.05, 0) is 19.1 Å². The normalized spacial score (nSPS) is 13.6. The monoisotopic (exact) mass is 238 g/mol. The van der Waals surface area contributed by atoms with Crippen molar-refractivity contribution in [2.45, 2.75) is 19.1 Å². The molecule has 6 nitrogen and oxygen atoms in total. The van der Waals surface area contributed by atoms with Gasteiger partial charge in [0.1, 0.15) is 5.69 Å². The second kappa shape index (κ2) is 5.95. The van der Waals surface area contributed by atoms with E-state index in [0.29, 0.717) is 0 Å². The maximum Gasteiger partial charge on any atom is 0.331 e. The van der Waals surface area contributed by atoms with E-state index in [4.69, 9.17) is 0 Å². The fourth-order valence-electron chi connectivity index (χ4n) is 1.22. The van der Waals surface area contributed by atoms with Crippen LogP contribution in [0.3, 0.4) is 0 Å². The number of ether oxygens (including phenoxy) is 1. The van der Waals surface area contributed by atoms with Crippen LogP contribution in [0.4, 0.5) is 0 Å². The number of carbonyl (C=O) groups is 2. The molecule has 0 saturated carbocycles. The first-order valence-corrected chi connectivity index (χ1v) is 5.04. The minimum atomic E-state index is -1.10. The first kappa shape index (κ1) is 13.1. The number of hydrogen-bond donors (Lipinski definition) is 2. The van der Waals surface area contributed by atoms with Crippen molar-refractivity contribution in [3.63, 3.8) is 0 Å². The fraction of sp³-hybridized carbons (Fsp3) is 0.364. The molecule has 92 valence electrons. The van der Waals surface area contributed by atoms with Crippen molar-refractivity contribution in [2.75, 3.05) is 7.11 Å². The Kier molecular flexibility index (Phi) is 4.59. The largest absolute Gasteiger partial charge is 0.467 e. The summed E-state index contributed by atoms with van der Waals surface area (Å²) in [6.45, 7) is 1.39. The molecule has 2 atom stereocenters. The van der Waals surface area contributed by atoms with Crippen molar-refractivity contribution in [2.24, 2.45) is 0 Å². The van der Waals surface area contributed by atoms with Crippen LogP contribution in [-0.4, -0.2) is 41.2 Å². The summed E-state index contributed by atoms with van der Waals surface area (Å²) in [5.74, 6) is -1.24. The number of esters is 1. The quantitative estimate of drug-likeness (QED) is 0.705. The Hall–Kier alpha value is -1.95. The van der Waals surface area contributed by atoms with Crippen LogP contribution in [0, 0.1) is 0 Å². The van der Waals surface area contributed by atoms with E-state index in [2.05, 4.69) is 15.0 Å². The molecule has 0 aromatic carbocycles. The van der Waals surface area contributed by atoms with Crippen LogP contribution in [0.2, 0.25) is 0 Å². The van der Waals surface area contributed by atoms with Gasteiger partial charge in [-0.15, -0.1) is 0 Å². The van der Waals surface area contributed by atoms with E-state index in [0.717, 1.165) is 0 Å². The van der Waals surface area contributed by atoms with Gasteiger partial charge in [-0.25, -0.2) is 4.79 Å².